The summed E-state index contributed by atoms with van der Waals surface area (Å²) in [6.07, 6.45) is 0.864. The Kier molecular flexibility index (Phi) is 8.63. The van der Waals surface area contributed by atoms with E-state index in [4.69, 9.17) is 9.47 Å². The number of aryl methyl sites for hydroxylation is 1. The van der Waals surface area contributed by atoms with Crippen LogP contribution in [0.2, 0.25) is 0 Å². The predicted molar refractivity (Wildman–Crippen MR) is 111 cm³/mol. The van der Waals surface area contributed by atoms with E-state index in [1.807, 2.05) is 30.3 Å². The predicted octanol–water partition coefficient (Wildman–Crippen LogP) is 2.05. The molecule has 158 valence electrons. The summed E-state index contributed by atoms with van der Waals surface area (Å²) in [5, 5.41) is 2.77. The van der Waals surface area contributed by atoms with Crippen molar-refractivity contribution < 1.29 is 22.7 Å². The minimum atomic E-state index is -3.99. The molecular formula is C21H28N2O5S. The number of rotatable bonds is 11. The Hall–Kier alpha value is -2.42. The fourth-order valence-corrected chi connectivity index (χ4v) is 4.28. The van der Waals surface area contributed by atoms with E-state index in [-0.39, 0.29) is 23.0 Å². The van der Waals surface area contributed by atoms with Crippen molar-refractivity contribution in [3.63, 3.8) is 0 Å². The van der Waals surface area contributed by atoms with E-state index in [0.717, 1.165) is 11.1 Å². The molecule has 7 nitrogen and oxygen atoms in total. The first-order valence-electron chi connectivity index (χ1n) is 9.35. The minimum absolute atomic E-state index is 0.00486. The topological polar surface area (TPSA) is 93.7 Å². The molecule has 8 heteroatoms. The number of hydrogen-bond donors (Lipinski definition) is 2. The highest BCUT2D eigenvalue weighted by Crippen LogP contribution is 2.25. The molecule has 1 amide bonds. The van der Waals surface area contributed by atoms with Crippen LogP contribution in [-0.2, 0) is 26.0 Å². The van der Waals surface area contributed by atoms with Crippen molar-refractivity contribution in [2.24, 2.45) is 0 Å². The molecule has 0 saturated carbocycles. The lowest BCUT2D eigenvalue weighted by Gasteiger charge is -2.20. The molecular weight excluding hydrogens is 392 g/mol. The normalized spacial score (nSPS) is 12.4. The molecule has 0 heterocycles. The van der Waals surface area contributed by atoms with Crippen LogP contribution in [0.4, 0.5) is 0 Å². The van der Waals surface area contributed by atoms with E-state index < -0.39 is 16.1 Å². The van der Waals surface area contributed by atoms with E-state index in [2.05, 4.69) is 10.0 Å². The molecule has 29 heavy (non-hydrogen) atoms. The second kappa shape index (κ2) is 10.9. The second-order valence-electron chi connectivity index (χ2n) is 6.66. The standard InChI is InChI=1S/C21H28N2O5S/c1-16-10-11-19(28-3)20(14-16)29(25,26)23-18(15-17-8-5-4-6-9-17)21(24)22-12-7-13-27-2/h4-6,8-11,14,18,23H,7,12-13,15H2,1-3H3,(H,22,24)/t18-/m1/s1. The number of methoxy groups -OCH3 is 2. The molecule has 2 aromatic carbocycles. The number of carbonyl (C=O) groups is 1. The van der Waals surface area contributed by atoms with Gasteiger partial charge in [-0.25, -0.2) is 8.42 Å². The van der Waals surface area contributed by atoms with Crippen LogP contribution in [0.25, 0.3) is 0 Å². The average molecular weight is 421 g/mol. The summed E-state index contributed by atoms with van der Waals surface area (Å²) < 4.78 is 38.8. The van der Waals surface area contributed by atoms with Crippen molar-refractivity contribution >= 4 is 15.9 Å². The van der Waals surface area contributed by atoms with Crippen LogP contribution in [0.5, 0.6) is 5.75 Å². The van der Waals surface area contributed by atoms with Crippen LogP contribution < -0.4 is 14.8 Å². The van der Waals surface area contributed by atoms with E-state index in [9.17, 15) is 13.2 Å². The zero-order valence-corrected chi connectivity index (χ0v) is 17.8. The molecule has 0 saturated heterocycles. The van der Waals surface area contributed by atoms with Crippen molar-refractivity contribution in [1.82, 2.24) is 10.0 Å². The van der Waals surface area contributed by atoms with Crippen molar-refractivity contribution in [2.45, 2.75) is 30.7 Å². The molecule has 2 rings (SSSR count). The zero-order chi connectivity index (χ0) is 21.3. The van der Waals surface area contributed by atoms with Crippen LogP contribution in [-0.4, -0.2) is 47.7 Å². The van der Waals surface area contributed by atoms with Gasteiger partial charge in [-0.3, -0.25) is 4.79 Å². The summed E-state index contributed by atoms with van der Waals surface area (Å²) in [6, 6.07) is 13.2. The SMILES string of the molecule is COCCCNC(=O)[C@@H](Cc1ccccc1)NS(=O)(=O)c1cc(C)ccc1OC. The molecule has 0 aromatic heterocycles. The molecule has 0 fully saturated rings. The largest absolute Gasteiger partial charge is 0.495 e. The van der Waals surface area contributed by atoms with Crippen molar-refractivity contribution in [3.05, 3.63) is 59.7 Å². The maximum atomic E-state index is 13.1. The number of carbonyl (C=O) groups excluding carboxylic acids is 1. The molecule has 0 spiro atoms. The van der Waals surface area contributed by atoms with E-state index in [0.29, 0.717) is 19.6 Å². The third kappa shape index (κ3) is 6.85. The first-order valence-corrected chi connectivity index (χ1v) is 10.8. The van der Waals surface area contributed by atoms with Gasteiger partial charge in [-0.1, -0.05) is 36.4 Å². The summed E-state index contributed by atoms with van der Waals surface area (Å²) in [5.41, 5.74) is 1.62. The zero-order valence-electron chi connectivity index (χ0n) is 17.0. The molecule has 1 atom stereocenters. The van der Waals surface area contributed by atoms with Crippen LogP contribution in [0.1, 0.15) is 17.5 Å². The lowest BCUT2D eigenvalue weighted by Crippen LogP contribution is -2.48. The smallest absolute Gasteiger partial charge is 0.244 e. The van der Waals surface area contributed by atoms with Gasteiger partial charge in [0.2, 0.25) is 15.9 Å². The Labute approximate surface area is 172 Å². The monoisotopic (exact) mass is 420 g/mol. The van der Waals surface area contributed by atoms with E-state index >= 15 is 0 Å². The van der Waals surface area contributed by atoms with Gasteiger partial charge in [-0.15, -0.1) is 0 Å². The lowest BCUT2D eigenvalue weighted by atomic mass is 10.1. The molecule has 0 aliphatic carbocycles. The lowest BCUT2D eigenvalue weighted by molar-refractivity contribution is -0.122. The number of amides is 1. The fourth-order valence-electron chi connectivity index (χ4n) is 2.83. The minimum Gasteiger partial charge on any atom is -0.495 e. The summed E-state index contributed by atoms with van der Waals surface area (Å²) in [7, 11) is -0.989. The number of sulfonamides is 1. The first kappa shape index (κ1) is 22.9. The number of ether oxygens (including phenoxy) is 2. The second-order valence-corrected chi connectivity index (χ2v) is 8.34. The van der Waals surface area contributed by atoms with E-state index in [1.54, 1.807) is 26.2 Å². The Morgan fingerprint density at radius 3 is 2.48 bits per heavy atom. The number of benzene rings is 2. The van der Waals surface area contributed by atoms with Crippen LogP contribution in [0, 0.1) is 6.92 Å². The highest BCUT2D eigenvalue weighted by molar-refractivity contribution is 7.89. The molecule has 0 aliphatic rings. The Balaban J connectivity index is 2.25. The molecule has 0 bridgehead atoms. The highest BCUT2D eigenvalue weighted by atomic mass is 32.2. The van der Waals surface area contributed by atoms with Crippen LogP contribution in [0.15, 0.2) is 53.4 Å². The third-order valence-electron chi connectivity index (χ3n) is 4.33. The van der Waals surface area contributed by atoms with Crippen molar-refractivity contribution in [1.29, 1.82) is 0 Å². The summed E-state index contributed by atoms with van der Waals surface area (Å²) in [5.74, 6) is -0.165. The van der Waals surface area contributed by atoms with E-state index in [1.165, 1.54) is 13.2 Å². The summed E-state index contributed by atoms with van der Waals surface area (Å²) >= 11 is 0. The Morgan fingerprint density at radius 2 is 1.83 bits per heavy atom. The van der Waals surface area contributed by atoms with Gasteiger partial charge in [0.15, 0.2) is 0 Å². The van der Waals surface area contributed by atoms with Gasteiger partial charge in [0.05, 0.1) is 7.11 Å². The molecule has 2 N–H and O–H groups in total. The van der Waals surface area contributed by atoms with Crippen LogP contribution in [0.3, 0.4) is 0 Å². The van der Waals surface area contributed by atoms with Gasteiger partial charge in [-0.2, -0.15) is 4.72 Å². The summed E-state index contributed by atoms with van der Waals surface area (Å²) in [6.45, 7) is 2.70. The van der Waals surface area contributed by atoms with Gasteiger partial charge < -0.3 is 14.8 Å². The maximum Gasteiger partial charge on any atom is 0.244 e. The Morgan fingerprint density at radius 1 is 1.10 bits per heavy atom. The molecule has 0 aliphatic heterocycles. The van der Waals surface area contributed by atoms with Crippen molar-refractivity contribution in [2.75, 3.05) is 27.4 Å². The average Bonchev–Trinajstić information content (AvgIpc) is 2.71. The highest BCUT2D eigenvalue weighted by Gasteiger charge is 2.28. The number of nitrogens with one attached hydrogen (secondary N) is 2. The molecule has 2 aromatic rings. The van der Waals surface area contributed by atoms with Gasteiger partial charge >= 0.3 is 0 Å². The fraction of sp³-hybridized carbons (Fsp3) is 0.381. The molecule has 0 radical (unpaired) electrons. The quantitative estimate of drug-likeness (QED) is 0.543. The van der Waals surface area contributed by atoms with Gasteiger partial charge in [0.1, 0.15) is 16.7 Å². The Bertz CT molecular complexity index is 901. The van der Waals surface area contributed by atoms with Gasteiger partial charge in [-0.05, 0) is 43.0 Å². The molecule has 0 unspecified atom stereocenters. The maximum absolute atomic E-state index is 13.1. The van der Waals surface area contributed by atoms with Gasteiger partial charge in [0, 0.05) is 20.3 Å². The first-order chi connectivity index (χ1) is 13.9. The van der Waals surface area contributed by atoms with Gasteiger partial charge in [0.25, 0.3) is 0 Å². The van der Waals surface area contributed by atoms with Crippen LogP contribution >= 0.6 is 0 Å². The third-order valence-corrected chi connectivity index (χ3v) is 5.82. The number of hydrogen-bond acceptors (Lipinski definition) is 5. The van der Waals surface area contributed by atoms with Crippen molar-refractivity contribution in [3.8, 4) is 5.75 Å². The summed E-state index contributed by atoms with van der Waals surface area (Å²) in [4.78, 5) is 12.7.